The summed E-state index contributed by atoms with van der Waals surface area (Å²) in [6.07, 6.45) is 1.97. The van der Waals surface area contributed by atoms with Gasteiger partial charge in [-0.1, -0.05) is 17.7 Å². The van der Waals surface area contributed by atoms with Gasteiger partial charge in [-0.05, 0) is 32.1 Å². The lowest BCUT2D eigenvalue weighted by molar-refractivity contribution is 0.358. The van der Waals surface area contributed by atoms with Crippen LogP contribution in [0, 0.1) is 0 Å². The van der Waals surface area contributed by atoms with Crippen LogP contribution in [0.5, 0.6) is 5.75 Å². The Labute approximate surface area is 99.3 Å². The molecule has 0 saturated heterocycles. The third-order valence-corrected chi connectivity index (χ3v) is 2.34. The summed E-state index contributed by atoms with van der Waals surface area (Å²) in [5.74, 6) is 0.595. The molecule has 0 atom stereocenters. The fourth-order valence-corrected chi connectivity index (χ4v) is 1.48. The van der Waals surface area contributed by atoms with Gasteiger partial charge in [0.15, 0.2) is 11.3 Å². The van der Waals surface area contributed by atoms with Crippen LogP contribution >= 0.6 is 0 Å². The number of ether oxygens (including phenoxy) is 1. The van der Waals surface area contributed by atoms with Crippen molar-refractivity contribution >= 4 is 11.0 Å². The van der Waals surface area contributed by atoms with Crippen LogP contribution < -0.4 is 10.4 Å². The molecule has 0 aliphatic heterocycles. The first-order chi connectivity index (χ1) is 8.16. The van der Waals surface area contributed by atoms with Crippen molar-refractivity contribution < 1.29 is 9.15 Å². The second kappa shape index (κ2) is 4.87. The Hall–Kier alpha value is -2.03. The lowest BCUT2D eigenvalue weighted by atomic mass is 10.2. The Morgan fingerprint density at radius 3 is 2.88 bits per heavy atom. The van der Waals surface area contributed by atoms with Gasteiger partial charge in [-0.2, -0.15) is 0 Å². The first-order valence-electron chi connectivity index (χ1n) is 5.46. The zero-order chi connectivity index (χ0) is 12.3. The highest BCUT2D eigenvalue weighted by molar-refractivity contribution is 5.82. The molecule has 88 valence electrons. The second-order valence-electron chi connectivity index (χ2n) is 4.02. The van der Waals surface area contributed by atoms with E-state index < -0.39 is 0 Å². The smallest absolute Gasteiger partial charge is 0.336 e. The van der Waals surface area contributed by atoms with E-state index in [1.165, 1.54) is 11.6 Å². The molecule has 0 aliphatic rings. The number of hydrogen-bond acceptors (Lipinski definition) is 3. The Morgan fingerprint density at radius 1 is 1.29 bits per heavy atom. The normalized spacial score (nSPS) is 10.2. The molecule has 0 spiro atoms. The third-order valence-electron chi connectivity index (χ3n) is 2.34. The SMILES string of the molecule is CC(C)=CCOc1cccc2ccc(=O)oc12. The molecule has 0 bridgehead atoms. The van der Waals surface area contributed by atoms with Crippen molar-refractivity contribution in [1.82, 2.24) is 0 Å². The van der Waals surface area contributed by atoms with Crippen LogP contribution in [0.2, 0.25) is 0 Å². The van der Waals surface area contributed by atoms with Crippen LogP contribution in [-0.4, -0.2) is 6.61 Å². The lowest BCUT2D eigenvalue weighted by Crippen LogP contribution is -1.98. The van der Waals surface area contributed by atoms with E-state index in [0.29, 0.717) is 17.9 Å². The predicted octanol–water partition coefficient (Wildman–Crippen LogP) is 3.14. The van der Waals surface area contributed by atoms with Gasteiger partial charge in [0.1, 0.15) is 6.61 Å². The highest BCUT2D eigenvalue weighted by atomic mass is 16.5. The van der Waals surface area contributed by atoms with Crippen LogP contribution in [0.15, 0.2) is 51.2 Å². The topological polar surface area (TPSA) is 39.4 Å². The van der Waals surface area contributed by atoms with Gasteiger partial charge in [-0.3, -0.25) is 0 Å². The summed E-state index contributed by atoms with van der Waals surface area (Å²) < 4.78 is 10.7. The van der Waals surface area contributed by atoms with Gasteiger partial charge in [-0.15, -0.1) is 0 Å². The van der Waals surface area contributed by atoms with Gasteiger partial charge in [0, 0.05) is 11.5 Å². The summed E-state index contributed by atoms with van der Waals surface area (Å²) in [7, 11) is 0. The number of hydrogen-bond donors (Lipinski definition) is 0. The molecule has 0 amide bonds. The van der Waals surface area contributed by atoms with Gasteiger partial charge in [0.05, 0.1) is 0 Å². The van der Waals surface area contributed by atoms with Crippen molar-refractivity contribution in [3.8, 4) is 5.75 Å². The standard InChI is InChI=1S/C14H14O3/c1-10(2)8-9-16-12-5-3-4-11-6-7-13(15)17-14(11)12/h3-8H,9H2,1-2H3. The zero-order valence-electron chi connectivity index (χ0n) is 9.90. The fraction of sp³-hybridized carbons (Fsp3) is 0.214. The molecular formula is C14H14O3. The fourth-order valence-electron chi connectivity index (χ4n) is 1.48. The van der Waals surface area contributed by atoms with Crippen LogP contribution in [0.3, 0.4) is 0 Å². The zero-order valence-corrected chi connectivity index (χ0v) is 9.90. The first kappa shape index (κ1) is 11.5. The molecule has 0 unspecified atom stereocenters. The lowest BCUT2D eigenvalue weighted by Gasteiger charge is -2.05. The Balaban J connectivity index is 2.36. The maximum atomic E-state index is 11.2. The molecular weight excluding hydrogens is 216 g/mol. The summed E-state index contributed by atoms with van der Waals surface area (Å²) >= 11 is 0. The minimum absolute atomic E-state index is 0.365. The van der Waals surface area contributed by atoms with Crippen molar-refractivity contribution in [3.05, 3.63) is 52.4 Å². The van der Waals surface area contributed by atoms with Gasteiger partial charge in [0.2, 0.25) is 0 Å². The molecule has 1 aromatic carbocycles. The van der Waals surface area contributed by atoms with E-state index in [-0.39, 0.29) is 5.63 Å². The summed E-state index contributed by atoms with van der Waals surface area (Å²) in [6.45, 7) is 4.49. The molecule has 0 fully saturated rings. The summed E-state index contributed by atoms with van der Waals surface area (Å²) in [5.41, 5.74) is 1.32. The Kier molecular flexibility index (Phi) is 3.28. The molecule has 3 nitrogen and oxygen atoms in total. The number of allylic oxidation sites excluding steroid dienone is 1. The van der Waals surface area contributed by atoms with Crippen LogP contribution in [0.4, 0.5) is 0 Å². The van der Waals surface area contributed by atoms with E-state index in [2.05, 4.69) is 0 Å². The van der Waals surface area contributed by atoms with Crippen LogP contribution in [-0.2, 0) is 0 Å². The number of fused-ring (bicyclic) bond motifs is 1. The highest BCUT2D eigenvalue weighted by Gasteiger charge is 2.04. The number of rotatable bonds is 3. The van der Waals surface area contributed by atoms with Gasteiger partial charge >= 0.3 is 5.63 Å². The minimum Gasteiger partial charge on any atom is -0.486 e. The Morgan fingerprint density at radius 2 is 2.12 bits per heavy atom. The summed E-state index contributed by atoms with van der Waals surface area (Å²) in [5, 5.41) is 0.860. The molecule has 1 heterocycles. The average Bonchev–Trinajstić information content (AvgIpc) is 2.29. The van der Waals surface area contributed by atoms with Gasteiger partial charge in [0.25, 0.3) is 0 Å². The van der Waals surface area contributed by atoms with E-state index >= 15 is 0 Å². The van der Waals surface area contributed by atoms with Crippen molar-refractivity contribution in [2.24, 2.45) is 0 Å². The highest BCUT2D eigenvalue weighted by Crippen LogP contribution is 2.23. The third kappa shape index (κ3) is 2.75. The molecule has 2 rings (SSSR count). The van der Waals surface area contributed by atoms with E-state index in [9.17, 15) is 4.79 Å². The maximum Gasteiger partial charge on any atom is 0.336 e. The second-order valence-corrected chi connectivity index (χ2v) is 4.02. The van der Waals surface area contributed by atoms with Crippen molar-refractivity contribution in [3.63, 3.8) is 0 Å². The van der Waals surface area contributed by atoms with E-state index in [1.54, 1.807) is 12.1 Å². The number of para-hydroxylation sites is 1. The van der Waals surface area contributed by atoms with Crippen molar-refractivity contribution in [1.29, 1.82) is 0 Å². The molecule has 0 aliphatic carbocycles. The maximum absolute atomic E-state index is 11.2. The minimum atomic E-state index is -0.365. The van der Waals surface area contributed by atoms with E-state index in [4.69, 9.17) is 9.15 Å². The van der Waals surface area contributed by atoms with Crippen molar-refractivity contribution in [2.45, 2.75) is 13.8 Å². The molecule has 2 aromatic rings. The van der Waals surface area contributed by atoms with E-state index in [0.717, 1.165) is 5.39 Å². The molecule has 0 N–H and O–H groups in total. The molecule has 3 heteroatoms. The van der Waals surface area contributed by atoms with Gasteiger partial charge < -0.3 is 9.15 Å². The van der Waals surface area contributed by atoms with Crippen LogP contribution in [0.1, 0.15) is 13.8 Å². The van der Waals surface area contributed by atoms with Crippen molar-refractivity contribution in [2.75, 3.05) is 6.61 Å². The number of benzene rings is 1. The molecule has 17 heavy (non-hydrogen) atoms. The van der Waals surface area contributed by atoms with E-state index in [1.807, 2.05) is 32.1 Å². The first-order valence-corrected chi connectivity index (χ1v) is 5.46. The van der Waals surface area contributed by atoms with Crippen LogP contribution in [0.25, 0.3) is 11.0 Å². The largest absolute Gasteiger partial charge is 0.486 e. The summed E-state index contributed by atoms with van der Waals surface area (Å²) in [6, 6.07) is 8.69. The quantitative estimate of drug-likeness (QED) is 0.600. The average molecular weight is 230 g/mol. The van der Waals surface area contributed by atoms with Gasteiger partial charge in [-0.25, -0.2) is 4.79 Å². The molecule has 1 aromatic heterocycles. The molecule has 0 saturated carbocycles. The monoisotopic (exact) mass is 230 g/mol. The Bertz CT molecular complexity index is 604. The molecule has 0 radical (unpaired) electrons. The predicted molar refractivity (Wildman–Crippen MR) is 67.4 cm³/mol. The summed E-state index contributed by atoms with van der Waals surface area (Å²) in [4.78, 5) is 11.2.